The van der Waals surface area contributed by atoms with Crippen molar-refractivity contribution in [3.05, 3.63) is 53.2 Å². The molecule has 0 aliphatic carbocycles. The first kappa shape index (κ1) is 11.4. The van der Waals surface area contributed by atoms with Gasteiger partial charge in [-0.3, -0.25) is 0 Å². The fraction of sp³-hybridized carbons (Fsp3) is 0. The topological polar surface area (TPSA) is 59.4 Å². The largest absolute Gasteiger partial charge is 0.478 e. The molecule has 4 nitrogen and oxygen atoms in total. The van der Waals surface area contributed by atoms with Crippen molar-refractivity contribution in [2.24, 2.45) is 0 Å². The Labute approximate surface area is 102 Å². The van der Waals surface area contributed by atoms with Crippen molar-refractivity contribution in [1.82, 2.24) is 4.98 Å². The Bertz CT molecular complexity index is 543. The monoisotopic (exact) mass is 249 g/mol. The van der Waals surface area contributed by atoms with E-state index in [9.17, 15) is 4.79 Å². The van der Waals surface area contributed by atoms with E-state index in [4.69, 9.17) is 21.4 Å². The molecule has 0 saturated carbocycles. The first-order chi connectivity index (χ1) is 8.16. The van der Waals surface area contributed by atoms with E-state index in [1.54, 1.807) is 24.4 Å². The average Bonchev–Trinajstić information content (AvgIpc) is 2.30. The summed E-state index contributed by atoms with van der Waals surface area (Å²) in [6.45, 7) is 0. The lowest BCUT2D eigenvalue weighted by molar-refractivity contribution is 0.0694. The van der Waals surface area contributed by atoms with Crippen molar-refractivity contribution < 1.29 is 14.6 Å². The lowest BCUT2D eigenvalue weighted by Gasteiger charge is -2.07. The van der Waals surface area contributed by atoms with Crippen LogP contribution >= 0.6 is 11.6 Å². The molecule has 5 heteroatoms. The Balaban J connectivity index is 2.37. The zero-order valence-corrected chi connectivity index (χ0v) is 9.39. The molecule has 1 N–H and O–H groups in total. The number of aromatic carboxylic acids is 1. The van der Waals surface area contributed by atoms with Crippen LogP contribution in [0.4, 0.5) is 0 Å². The lowest BCUT2D eigenvalue weighted by Crippen LogP contribution is -2.00. The van der Waals surface area contributed by atoms with Gasteiger partial charge in [-0.05, 0) is 18.2 Å². The molecule has 2 aromatic rings. The van der Waals surface area contributed by atoms with Crippen molar-refractivity contribution in [1.29, 1.82) is 0 Å². The fourth-order valence-corrected chi connectivity index (χ4v) is 1.44. The fourth-order valence-electron chi connectivity index (χ4n) is 1.28. The minimum atomic E-state index is -1.08. The van der Waals surface area contributed by atoms with E-state index < -0.39 is 5.97 Å². The van der Waals surface area contributed by atoms with Crippen LogP contribution in [0.2, 0.25) is 5.02 Å². The van der Waals surface area contributed by atoms with Gasteiger partial charge in [0.1, 0.15) is 11.3 Å². The van der Waals surface area contributed by atoms with E-state index in [-0.39, 0.29) is 11.3 Å². The number of carboxylic acid groups (broad SMARTS) is 1. The second-order valence-corrected chi connectivity index (χ2v) is 3.65. The van der Waals surface area contributed by atoms with Crippen LogP contribution in [0.5, 0.6) is 11.6 Å². The third-order valence-electron chi connectivity index (χ3n) is 2.03. The summed E-state index contributed by atoms with van der Waals surface area (Å²) in [6, 6.07) is 9.45. The van der Waals surface area contributed by atoms with Gasteiger partial charge >= 0.3 is 5.97 Å². The molecule has 0 unspecified atom stereocenters. The smallest absolute Gasteiger partial charge is 0.339 e. The predicted octanol–water partition coefficient (Wildman–Crippen LogP) is 3.23. The number of pyridine rings is 1. The van der Waals surface area contributed by atoms with Gasteiger partial charge in [0.05, 0.1) is 0 Å². The third kappa shape index (κ3) is 2.73. The van der Waals surface area contributed by atoms with E-state index >= 15 is 0 Å². The highest BCUT2D eigenvalue weighted by atomic mass is 35.5. The van der Waals surface area contributed by atoms with Gasteiger partial charge in [0.15, 0.2) is 0 Å². The van der Waals surface area contributed by atoms with Gasteiger partial charge < -0.3 is 9.84 Å². The normalized spacial score (nSPS) is 9.94. The summed E-state index contributed by atoms with van der Waals surface area (Å²) in [6.07, 6.45) is 1.56. The molecule has 0 aliphatic rings. The predicted molar refractivity (Wildman–Crippen MR) is 62.7 cm³/mol. The summed E-state index contributed by atoms with van der Waals surface area (Å²) in [5, 5.41) is 9.39. The van der Waals surface area contributed by atoms with Gasteiger partial charge in [-0.15, -0.1) is 0 Å². The van der Waals surface area contributed by atoms with Gasteiger partial charge in [0.2, 0.25) is 5.88 Å². The Kier molecular flexibility index (Phi) is 3.25. The molecular formula is C12H8ClNO3. The molecule has 2 rings (SSSR count). The van der Waals surface area contributed by atoms with E-state index in [0.717, 1.165) is 0 Å². The highest BCUT2D eigenvalue weighted by Gasteiger charge is 2.12. The number of ether oxygens (including phenoxy) is 1. The highest BCUT2D eigenvalue weighted by molar-refractivity contribution is 6.30. The summed E-state index contributed by atoms with van der Waals surface area (Å²) in [5.74, 6) is -0.589. The standard InChI is InChI=1S/C12H8ClNO3/c13-8-4-5-9(12(15)16)10(7-8)17-11-3-1-2-6-14-11/h1-7H,(H,15,16). The van der Waals surface area contributed by atoms with Crippen molar-refractivity contribution in [3.8, 4) is 11.6 Å². The molecule has 0 fully saturated rings. The second kappa shape index (κ2) is 4.84. The Morgan fingerprint density at radius 1 is 1.29 bits per heavy atom. The lowest BCUT2D eigenvalue weighted by atomic mass is 10.2. The Hall–Kier alpha value is -2.07. The van der Waals surface area contributed by atoms with Crippen LogP contribution in [0.25, 0.3) is 0 Å². The number of hydrogen-bond donors (Lipinski definition) is 1. The summed E-state index contributed by atoms with van der Waals surface area (Å²) >= 11 is 5.79. The van der Waals surface area contributed by atoms with Gasteiger partial charge in [-0.25, -0.2) is 9.78 Å². The van der Waals surface area contributed by atoms with Crippen LogP contribution in [-0.2, 0) is 0 Å². The number of aromatic nitrogens is 1. The van der Waals surface area contributed by atoms with E-state index in [2.05, 4.69) is 4.98 Å². The van der Waals surface area contributed by atoms with Crippen LogP contribution in [0.1, 0.15) is 10.4 Å². The Morgan fingerprint density at radius 2 is 2.12 bits per heavy atom. The average molecular weight is 250 g/mol. The Morgan fingerprint density at radius 3 is 2.76 bits per heavy atom. The van der Waals surface area contributed by atoms with Gasteiger partial charge in [-0.2, -0.15) is 0 Å². The summed E-state index contributed by atoms with van der Waals surface area (Å²) in [4.78, 5) is 14.9. The third-order valence-corrected chi connectivity index (χ3v) is 2.26. The molecule has 0 bridgehead atoms. The molecule has 0 radical (unpaired) electrons. The quantitative estimate of drug-likeness (QED) is 0.907. The number of rotatable bonds is 3. The van der Waals surface area contributed by atoms with Gasteiger partial charge in [0, 0.05) is 23.4 Å². The SMILES string of the molecule is O=C(O)c1ccc(Cl)cc1Oc1ccccn1. The highest BCUT2D eigenvalue weighted by Crippen LogP contribution is 2.27. The molecule has 0 amide bonds. The number of carboxylic acids is 1. The number of benzene rings is 1. The molecule has 86 valence electrons. The number of hydrogen-bond acceptors (Lipinski definition) is 3. The summed E-state index contributed by atoms with van der Waals surface area (Å²) in [5.41, 5.74) is 0.0417. The van der Waals surface area contributed by atoms with Crippen molar-refractivity contribution >= 4 is 17.6 Å². The van der Waals surface area contributed by atoms with Crippen LogP contribution < -0.4 is 4.74 Å². The zero-order chi connectivity index (χ0) is 12.3. The zero-order valence-electron chi connectivity index (χ0n) is 8.63. The van der Waals surface area contributed by atoms with Crippen molar-refractivity contribution in [2.45, 2.75) is 0 Å². The van der Waals surface area contributed by atoms with Gasteiger partial charge in [-0.1, -0.05) is 17.7 Å². The van der Waals surface area contributed by atoms with Crippen molar-refractivity contribution in [2.75, 3.05) is 0 Å². The minimum Gasteiger partial charge on any atom is -0.478 e. The van der Waals surface area contributed by atoms with Crippen LogP contribution in [0.3, 0.4) is 0 Å². The molecule has 1 aromatic heterocycles. The van der Waals surface area contributed by atoms with E-state index in [0.29, 0.717) is 10.9 Å². The molecule has 1 aromatic carbocycles. The maximum Gasteiger partial charge on any atom is 0.339 e. The second-order valence-electron chi connectivity index (χ2n) is 3.22. The first-order valence-electron chi connectivity index (χ1n) is 4.78. The van der Waals surface area contributed by atoms with Crippen LogP contribution in [-0.4, -0.2) is 16.1 Å². The van der Waals surface area contributed by atoms with E-state index in [1.165, 1.54) is 18.2 Å². The molecule has 0 aliphatic heterocycles. The van der Waals surface area contributed by atoms with E-state index in [1.807, 2.05) is 0 Å². The van der Waals surface area contributed by atoms with Crippen LogP contribution in [0.15, 0.2) is 42.6 Å². The number of halogens is 1. The maximum atomic E-state index is 11.0. The minimum absolute atomic E-state index is 0.0417. The summed E-state index contributed by atoms with van der Waals surface area (Å²) < 4.78 is 5.38. The molecule has 0 atom stereocenters. The molecule has 1 heterocycles. The molecular weight excluding hydrogens is 242 g/mol. The molecule has 0 saturated heterocycles. The number of nitrogens with zero attached hydrogens (tertiary/aromatic N) is 1. The first-order valence-corrected chi connectivity index (χ1v) is 5.16. The van der Waals surface area contributed by atoms with Crippen molar-refractivity contribution in [3.63, 3.8) is 0 Å². The van der Waals surface area contributed by atoms with Crippen LogP contribution in [0, 0.1) is 0 Å². The van der Waals surface area contributed by atoms with Gasteiger partial charge in [0.25, 0.3) is 0 Å². The maximum absolute atomic E-state index is 11.0. The molecule has 17 heavy (non-hydrogen) atoms. The molecule has 0 spiro atoms. The number of carbonyl (C=O) groups is 1. The summed E-state index contributed by atoms with van der Waals surface area (Å²) in [7, 11) is 0.